The summed E-state index contributed by atoms with van der Waals surface area (Å²) in [4.78, 5) is 11.0. The van der Waals surface area contributed by atoms with E-state index >= 15 is 0 Å². The van der Waals surface area contributed by atoms with Gasteiger partial charge in [0.25, 0.3) is 0 Å². The lowest BCUT2D eigenvalue weighted by Crippen LogP contribution is -2.19. The molecular weight excluding hydrogens is 426 g/mol. The van der Waals surface area contributed by atoms with Crippen LogP contribution in [0.3, 0.4) is 0 Å². The third-order valence-corrected chi connectivity index (χ3v) is 4.79. The molecule has 3 nitrogen and oxygen atoms in total. The van der Waals surface area contributed by atoms with Crippen molar-refractivity contribution in [3.8, 4) is 6.07 Å². The zero-order valence-electron chi connectivity index (χ0n) is 13.2. The number of nitrogens with zero attached hydrogens (tertiary/aromatic N) is 1. The minimum absolute atomic E-state index is 0.0464. The quantitative estimate of drug-likeness (QED) is 0.553. The van der Waals surface area contributed by atoms with Gasteiger partial charge in [0.05, 0.1) is 32.1 Å². The minimum Gasteiger partial charge on any atom is -0.478 e. The summed E-state index contributed by atoms with van der Waals surface area (Å²) in [6.45, 7) is 0. The van der Waals surface area contributed by atoms with Crippen molar-refractivity contribution in [3.05, 3.63) is 73.7 Å². The van der Waals surface area contributed by atoms with Gasteiger partial charge in [0.1, 0.15) is 6.07 Å². The van der Waals surface area contributed by atoms with Crippen molar-refractivity contribution < 1.29 is 23.1 Å². The first-order valence-electron chi connectivity index (χ1n) is 7.21. The van der Waals surface area contributed by atoms with Gasteiger partial charge in [-0.15, -0.1) is 0 Å². The molecule has 0 aromatic heterocycles. The molecule has 0 saturated heterocycles. The predicted octanol–water partition coefficient (Wildman–Crippen LogP) is 6.58. The lowest BCUT2D eigenvalue weighted by Gasteiger charge is -2.18. The summed E-state index contributed by atoms with van der Waals surface area (Å²) in [6, 6.07) is 7.50. The van der Waals surface area contributed by atoms with Crippen LogP contribution in [0.25, 0.3) is 6.08 Å². The summed E-state index contributed by atoms with van der Waals surface area (Å²) in [6.07, 6.45) is -2.64. The number of carbonyl (C=O) groups is 1. The van der Waals surface area contributed by atoms with Crippen molar-refractivity contribution >= 4 is 46.8 Å². The molecule has 0 aliphatic heterocycles. The molecule has 0 heterocycles. The highest BCUT2D eigenvalue weighted by Gasteiger charge is 2.39. The van der Waals surface area contributed by atoms with Gasteiger partial charge in [0.2, 0.25) is 0 Å². The van der Waals surface area contributed by atoms with Crippen LogP contribution in [0.4, 0.5) is 13.2 Å². The Morgan fingerprint density at radius 3 is 2.22 bits per heavy atom. The standard InChI is InChI=1S/C18H9Cl3F3NO2/c19-14-6-10(7-15(20)16(14)21)13(18(22,23)24)4-2-9-1-3-12(17(26)27)11(5-9)8-25/h1-7,13H,(H,26,27)/t13-/m1/s1. The minimum atomic E-state index is -4.64. The largest absolute Gasteiger partial charge is 0.478 e. The van der Waals surface area contributed by atoms with E-state index in [4.69, 9.17) is 45.2 Å². The van der Waals surface area contributed by atoms with Crippen LogP contribution in [0.1, 0.15) is 33.0 Å². The number of carboxylic acids is 1. The van der Waals surface area contributed by atoms with E-state index < -0.39 is 18.1 Å². The van der Waals surface area contributed by atoms with Crippen LogP contribution >= 0.6 is 34.8 Å². The molecule has 0 bridgehead atoms. The smallest absolute Gasteiger partial charge is 0.399 e. The Morgan fingerprint density at radius 2 is 1.74 bits per heavy atom. The van der Waals surface area contributed by atoms with Gasteiger partial charge in [0, 0.05) is 0 Å². The zero-order chi connectivity index (χ0) is 20.4. The summed E-state index contributed by atoms with van der Waals surface area (Å²) in [5.74, 6) is -3.34. The van der Waals surface area contributed by atoms with Crippen molar-refractivity contribution in [1.82, 2.24) is 0 Å². The van der Waals surface area contributed by atoms with Gasteiger partial charge in [-0.3, -0.25) is 0 Å². The fourth-order valence-corrected chi connectivity index (χ4v) is 2.93. The van der Waals surface area contributed by atoms with Crippen LogP contribution in [0, 0.1) is 11.3 Å². The molecule has 0 fully saturated rings. The van der Waals surface area contributed by atoms with Crippen molar-refractivity contribution in [2.75, 3.05) is 0 Å². The summed E-state index contributed by atoms with van der Waals surface area (Å²) in [7, 11) is 0. The molecule has 2 rings (SSSR count). The second-order valence-corrected chi connectivity index (χ2v) is 6.59. The average Bonchev–Trinajstić information content (AvgIpc) is 2.58. The van der Waals surface area contributed by atoms with E-state index in [2.05, 4.69) is 0 Å². The molecule has 0 spiro atoms. The third-order valence-electron chi connectivity index (χ3n) is 3.59. The Kier molecular flexibility index (Phi) is 6.42. The van der Waals surface area contributed by atoms with Gasteiger partial charge in [-0.25, -0.2) is 4.79 Å². The monoisotopic (exact) mass is 433 g/mol. The molecule has 0 aliphatic carbocycles. The Hall–Kier alpha value is -2.20. The van der Waals surface area contributed by atoms with Crippen LogP contribution in [-0.2, 0) is 0 Å². The third kappa shape index (κ3) is 4.95. The topological polar surface area (TPSA) is 61.1 Å². The summed E-state index contributed by atoms with van der Waals surface area (Å²) >= 11 is 17.4. The van der Waals surface area contributed by atoms with E-state index in [0.717, 1.165) is 30.4 Å². The molecule has 1 N–H and O–H groups in total. The number of halogens is 6. The van der Waals surface area contributed by atoms with E-state index in [1.165, 1.54) is 12.1 Å². The maximum Gasteiger partial charge on any atom is 0.399 e. The van der Waals surface area contributed by atoms with Crippen LogP contribution in [0.5, 0.6) is 0 Å². The highest BCUT2D eigenvalue weighted by molar-refractivity contribution is 6.48. The predicted molar refractivity (Wildman–Crippen MR) is 97.4 cm³/mol. The lowest BCUT2D eigenvalue weighted by molar-refractivity contribution is -0.139. The number of hydrogen-bond acceptors (Lipinski definition) is 2. The first-order chi connectivity index (χ1) is 12.5. The molecule has 0 aliphatic rings. The first-order valence-corrected chi connectivity index (χ1v) is 8.34. The second kappa shape index (κ2) is 8.22. The van der Waals surface area contributed by atoms with Gasteiger partial charge in [-0.2, -0.15) is 18.4 Å². The molecule has 9 heteroatoms. The highest BCUT2D eigenvalue weighted by atomic mass is 35.5. The number of alkyl halides is 3. The van der Waals surface area contributed by atoms with Gasteiger partial charge in [0.15, 0.2) is 0 Å². The lowest BCUT2D eigenvalue weighted by atomic mass is 9.96. The summed E-state index contributed by atoms with van der Waals surface area (Å²) < 4.78 is 40.5. The molecule has 0 radical (unpaired) electrons. The van der Waals surface area contributed by atoms with Gasteiger partial charge < -0.3 is 5.11 Å². The van der Waals surface area contributed by atoms with Crippen LogP contribution in [-0.4, -0.2) is 17.3 Å². The van der Waals surface area contributed by atoms with Crippen LogP contribution < -0.4 is 0 Å². The van der Waals surface area contributed by atoms with Crippen LogP contribution in [0.15, 0.2) is 36.4 Å². The number of hydrogen-bond donors (Lipinski definition) is 1. The van der Waals surface area contributed by atoms with Gasteiger partial charge in [-0.1, -0.05) is 53.0 Å². The number of carboxylic acid groups (broad SMARTS) is 1. The van der Waals surface area contributed by atoms with Gasteiger partial charge >= 0.3 is 12.1 Å². The van der Waals surface area contributed by atoms with E-state index in [9.17, 15) is 18.0 Å². The number of rotatable bonds is 4. The number of allylic oxidation sites excluding steroid dienone is 1. The van der Waals surface area contributed by atoms with E-state index in [-0.39, 0.29) is 37.3 Å². The van der Waals surface area contributed by atoms with Gasteiger partial charge in [-0.05, 0) is 35.4 Å². The highest BCUT2D eigenvalue weighted by Crippen LogP contribution is 2.41. The van der Waals surface area contributed by atoms with E-state index in [0.29, 0.717) is 0 Å². The first kappa shape index (κ1) is 21.1. The van der Waals surface area contributed by atoms with Crippen molar-refractivity contribution in [2.45, 2.75) is 12.1 Å². The van der Waals surface area contributed by atoms with Crippen LogP contribution in [0.2, 0.25) is 15.1 Å². The Bertz CT molecular complexity index is 942. The number of nitriles is 1. The molecule has 1 atom stereocenters. The molecule has 2 aromatic carbocycles. The molecule has 2 aromatic rings. The molecular formula is C18H9Cl3F3NO2. The van der Waals surface area contributed by atoms with E-state index in [1.807, 2.05) is 0 Å². The normalized spacial score (nSPS) is 12.8. The summed E-state index contributed by atoms with van der Waals surface area (Å²) in [5.41, 5.74) is -0.373. The van der Waals surface area contributed by atoms with Crippen molar-refractivity contribution in [2.24, 2.45) is 0 Å². The molecule has 0 amide bonds. The maximum absolute atomic E-state index is 13.5. The SMILES string of the molecule is N#Cc1cc(C=C[C@H](c2cc(Cl)c(Cl)c(Cl)c2)C(F)(F)F)ccc1C(=O)O. The fraction of sp³-hybridized carbons (Fsp3) is 0.111. The average molecular weight is 435 g/mol. The Morgan fingerprint density at radius 1 is 1.15 bits per heavy atom. The zero-order valence-corrected chi connectivity index (χ0v) is 15.5. The fourth-order valence-electron chi connectivity index (χ4n) is 2.32. The summed E-state index contributed by atoms with van der Waals surface area (Å²) in [5, 5.41) is 17.7. The molecule has 0 unspecified atom stereocenters. The van der Waals surface area contributed by atoms with Crippen molar-refractivity contribution in [1.29, 1.82) is 5.26 Å². The molecule has 27 heavy (non-hydrogen) atoms. The maximum atomic E-state index is 13.5. The molecule has 140 valence electrons. The molecule has 0 saturated carbocycles. The van der Waals surface area contributed by atoms with E-state index in [1.54, 1.807) is 6.07 Å². The number of benzene rings is 2. The van der Waals surface area contributed by atoms with Crippen molar-refractivity contribution in [3.63, 3.8) is 0 Å². The Labute approximate surface area is 167 Å². The Balaban J connectivity index is 2.47. The second-order valence-electron chi connectivity index (χ2n) is 5.40. The number of aromatic carboxylic acids is 1.